The van der Waals surface area contributed by atoms with Crippen LogP contribution in [0, 0.1) is 13.8 Å². The highest BCUT2D eigenvalue weighted by atomic mass is 79.9. The van der Waals surface area contributed by atoms with E-state index >= 15 is 0 Å². The summed E-state index contributed by atoms with van der Waals surface area (Å²) in [4.78, 5) is 10.7. The van der Waals surface area contributed by atoms with E-state index in [1.54, 1.807) is 6.07 Å². The molecule has 0 saturated carbocycles. The van der Waals surface area contributed by atoms with Gasteiger partial charge < -0.3 is 10.8 Å². The van der Waals surface area contributed by atoms with Crippen LogP contribution in [-0.4, -0.2) is 11.1 Å². The van der Waals surface area contributed by atoms with E-state index in [1.165, 1.54) is 0 Å². The number of nitrogens with two attached hydrogens (primary N) is 1. The lowest BCUT2D eigenvalue weighted by molar-refractivity contribution is -0.138. The number of halogens is 1. The second-order valence-electron chi connectivity index (χ2n) is 3.27. The Morgan fingerprint density at radius 3 is 2.50 bits per heavy atom. The molecular weight excluding hydrogens is 246 g/mol. The molecular formula is C10H12BrNO2. The number of aliphatic carboxylic acids is 1. The molecule has 0 fully saturated rings. The number of carbonyl (C=O) groups is 1. The number of aryl methyl sites for hydroxylation is 2. The number of benzene rings is 1. The molecule has 1 atom stereocenters. The minimum atomic E-state index is -1.00. The van der Waals surface area contributed by atoms with Crippen LogP contribution in [0.15, 0.2) is 16.6 Å². The van der Waals surface area contributed by atoms with Crippen LogP contribution in [0.1, 0.15) is 22.7 Å². The zero-order valence-corrected chi connectivity index (χ0v) is 9.63. The van der Waals surface area contributed by atoms with E-state index in [2.05, 4.69) is 15.9 Å². The lowest BCUT2D eigenvalue weighted by atomic mass is 10.00. The minimum Gasteiger partial charge on any atom is -0.480 e. The summed E-state index contributed by atoms with van der Waals surface area (Å²) in [7, 11) is 0. The Hall–Kier alpha value is -0.870. The first-order chi connectivity index (χ1) is 6.43. The standard InChI is InChI=1S/C10H12BrNO2/c1-5-4-8(11)6(2)3-7(5)9(12)10(13)14/h3-4,9H,12H2,1-2H3,(H,13,14)/t9-/m1/s1. The van der Waals surface area contributed by atoms with Crippen LogP contribution >= 0.6 is 15.9 Å². The van der Waals surface area contributed by atoms with E-state index in [4.69, 9.17) is 10.8 Å². The summed E-state index contributed by atoms with van der Waals surface area (Å²) in [6, 6.07) is 2.74. The average molecular weight is 258 g/mol. The molecule has 0 bridgehead atoms. The molecule has 76 valence electrons. The van der Waals surface area contributed by atoms with E-state index in [-0.39, 0.29) is 0 Å². The molecule has 0 aliphatic rings. The summed E-state index contributed by atoms with van der Waals surface area (Å²) < 4.78 is 0.969. The van der Waals surface area contributed by atoms with Crippen molar-refractivity contribution in [3.8, 4) is 0 Å². The highest BCUT2D eigenvalue weighted by molar-refractivity contribution is 9.10. The van der Waals surface area contributed by atoms with Crippen molar-refractivity contribution in [2.24, 2.45) is 5.73 Å². The number of hydrogen-bond donors (Lipinski definition) is 2. The molecule has 0 aromatic heterocycles. The van der Waals surface area contributed by atoms with Crippen LogP contribution in [-0.2, 0) is 4.79 Å². The van der Waals surface area contributed by atoms with Crippen LogP contribution in [0.2, 0.25) is 0 Å². The smallest absolute Gasteiger partial charge is 0.325 e. The largest absolute Gasteiger partial charge is 0.480 e. The monoisotopic (exact) mass is 257 g/mol. The van der Waals surface area contributed by atoms with Crippen LogP contribution in [0.4, 0.5) is 0 Å². The molecule has 1 aromatic rings. The Morgan fingerprint density at radius 1 is 1.43 bits per heavy atom. The number of rotatable bonds is 2. The highest BCUT2D eigenvalue weighted by Crippen LogP contribution is 2.24. The second kappa shape index (κ2) is 4.11. The lowest BCUT2D eigenvalue weighted by Gasteiger charge is -2.12. The van der Waals surface area contributed by atoms with Gasteiger partial charge in [-0.25, -0.2) is 0 Å². The summed E-state index contributed by atoms with van der Waals surface area (Å²) in [6.45, 7) is 3.75. The van der Waals surface area contributed by atoms with E-state index in [1.807, 2.05) is 19.9 Å². The van der Waals surface area contributed by atoms with Crippen LogP contribution < -0.4 is 5.73 Å². The first-order valence-corrected chi connectivity index (χ1v) is 4.98. The van der Waals surface area contributed by atoms with Gasteiger partial charge in [0.2, 0.25) is 0 Å². The van der Waals surface area contributed by atoms with Crippen molar-refractivity contribution >= 4 is 21.9 Å². The third-order valence-electron chi connectivity index (χ3n) is 2.15. The molecule has 0 aliphatic heterocycles. The SMILES string of the molecule is Cc1cc([C@@H](N)C(=O)O)c(C)cc1Br. The summed E-state index contributed by atoms with van der Waals surface area (Å²) in [5.41, 5.74) is 8.08. The summed E-state index contributed by atoms with van der Waals surface area (Å²) in [6.07, 6.45) is 0. The molecule has 3 nitrogen and oxygen atoms in total. The van der Waals surface area contributed by atoms with Crippen molar-refractivity contribution in [3.05, 3.63) is 33.3 Å². The molecule has 0 unspecified atom stereocenters. The van der Waals surface area contributed by atoms with E-state index in [0.717, 1.165) is 15.6 Å². The van der Waals surface area contributed by atoms with Gasteiger partial charge >= 0.3 is 5.97 Å². The van der Waals surface area contributed by atoms with Crippen LogP contribution in [0.3, 0.4) is 0 Å². The molecule has 0 heterocycles. The van der Waals surface area contributed by atoms with E-state index in [9.17, 15) is 4.79 Å². The van der Waals surface area contributed by atoms with Crippen LogP contribution in [0.25, 0.3) is 0 Å². The van der Waals surface area contributed by atoms with Crippen molar-refractivity contribution in [3.63, 3.8) is 0 Å². The van der Waals surface area contributed by atoms with Crippen LogP contribution in [0.5, 0.6) is 0 Å². The van der Waals surface area contributed by atoms with Gasteiger partial charge in [-0.1, -0.05) is 22.0 Å². The van der Waals surface area contributed by atoms with E-state index in [0.29, 0.717) is 5.56 Å². The molecule has 3 N–H and O–H groups in total. The molecule has 4 heteroatoms. The van der Waals surface area contributed by atoms with Gasteiger partial charge in [0.1, 0.15) is 6.04 Å². The molecule has 1 rings (SSSR count). The molecule has 0 saturated heterocycles. The third-order valence-corrected chi connectivity index (χ3v) is 3.00. The predicted octanol–water partition coefficient (Wildman–Crippen LogP) is 2.15. The summed E-state index contributed by atoms with van der Waals surface area (Å²) in [5, 5.41) is 8.78. The molecule has 0 spiro atoms. The highest BCUT2D eigenvalue weighted by Gasteiger charge is 2.17. The Bertz CT molecular complexity index is 377. The van der Waals surface area contributed by atoms with Crippen molar-refractivity contribution in [2.45, 2.75) is 19.9 Å². The Labute approximate surface area is 91.1 Å². The van der Waals surface area contributed by atoms with Gasteiger partial charge in [-0.05, 0) is 36.6 Å². The van der Waals surface area contributed by atoms with Crippen molar-refractivity contribution in [2.75, 3.05) is 0 Å². The fraction of sp³-hybridized carbons (Fsp3) is 0.300. The maximum atomic E-state index is 10.7. The molecule has 0 aliphatic carbocycles. The Kier molecular flexibility index (Phi) is 3.29. The fourth-order valence-electron chi connectivity index (χ4n) is 1.27. The maximum absolute atomic E-state index is 10.7. The number of hydrogen-bond acceptors (Lipinski definition) is 2. The van der Waals surface area contributed by atoms with Crippen molar-refractivity contribution in [1.29, 1.82) is 0 Å². The average Bonchev–Trinajstić information content (AvgIpc) is 2.10. The number of carboxylic acids is 1. The predicted molar refractivity (Wildman–Crippen MR) is 58.2 cm³/mol. The third kappa shape index (κ3) is 2.13. The molecule has 1 aromatic carbocycles. The Morgan fingerprint density at radius 2 is 2.00 bits per heavy atom. The Balaban J connectivity index is 3.22. The normalized spacial score (nSPS) is 12.6. The minimum absolute atomic E-state index is 0.665. The van der Waals surface area contributed by atoms with Gasteiger partial charge in [-0.15, -0.1) is 0 Å². The van der Waals surface area contributed by atoms with Gasteiger partial charge in [-0.3, -0.25) is 4.79 Å². The van der Waals surface area contributed by atoms with Crippen molar-refractivity contribution in [1.82, 2.24) is 0 Å². The zero-order chi connectivity index (χ0) is 10.9. The zero-order valence-electron chi connectivity index (χ0n) is 8.04. The van der Waals surface area contributed by atoms with Gasteiger partial charge in [0, 0.05) is 4.47 Å². The van der Waals surface area contributed by atoms with Gasteiger partial charge in [-0.2, -0.15) is 0 Å². The first kappa shape index (κ1) is 11.2. The topological polar surface area (TPSA) is 63.3 Å². The quantitative estimate of drug-likeness (QED) is 0.854. The summed E-state index contributed by atoms with van der Waals surface area (Å²) in [5.74, 6) is -1.00. The van der Waals surface area contributed by atoms with Gasteiger partial charge in [0.25, 0.3) is 0 Å². The number of carboxylic acid groups (broad SMARTS) is 1. The van der Waals surface area contributed by atoms with E-state index < -0.39 is 12.0 Å². The molecule has 0 radical (unpaired) electrons. The van der Waals surface area contributed by atoms with Gasteiger partial charge in [0.15, 0.2) is 0 Å². The molecule has 14 heavy (non-hydrogen) atoms. The first-order valence-electron chi connectivity index (χ1n) is 4.18. The fourth-order valence-corrected chi connectivity index (χ4v) is 1.73. The van der Waals surface area contributed by atoms with Crippen molar-refractivity contribution < 1.29 is 9.90 Å². The van der Waals surface area contributed by atoms with Gasteiger partial charge in [0.05, 0.1) is 0 Å². The molecule has 0 amide bonds. The lowest BCUT2D eigenvalue weighted by Crippen LogP contribution is -2.21. The second-order valence-corrected chi connectivity index (χ2v) is 4.13. The maximum Gasteiger partial charge on any atom is 0.325 e. The summed E-state index contributed by atoms with van der Waals surface area (Å²) >= 11 is 3.38.